The Labute approximate surface area is 157 Å². The maximum atomic E-state index is 13.0. The molecule has 0 radical (unpaired) electrons. The van der Waals surface area contributed by atoms with Crippen LogP contribution in [0.25, 0.3) is 0 Å². The summed E-state index contributed by atoms with van der Waals surface area (Å²) in [4.78, 5) is 7.14. The molecule has 0 saturated carbocycles. The largest absolute Gasteiger partial charge is 0.374 e. The number of morpholine rings is 1. The monoisotopic (exact) mass is 364 g/mol. The highest BCUT2D eigenvalue weighted by Gasteiger charge is 2.20. The van der Waals surface area contributed by atoms with Crippen LogP contribution in [0.15, 0.2) is 29.3 Å². The summed E-state index contributed by atoms with van der Waals surface area (Å²) >= 11 is 0. The molecular weight excluding hydrogens is 331 g/mol. The van der Waals surface area contributed by atoms with Gasteiger partial charge in [0.1, 0.15) is 5.82 Å². The van der Waals surface area contributed by atoms with Crippen molar-refractivity contribution >= 4 is 5.96 Å². The first kappa shape index (κ1) is 20.6. The molecule has 1 atom stereocenters. The summed E-state index contributed by atoms with van der Waals surface area (Å²) in [5.74, 6) is 1.28. The number of nitrogens with one attached hydrogen (secondary N) is 2. The predicted molar refractivity (Wildman–Crippen MR) is 105 cm³/mol. The highest BCUT2D eigenvalue weighted by Crippen LogP contribution is 2.08. The molecule has 0 amide bonds. The van der Waals surface area contributed by atoms with Crippen LogP contribution in [-0.2, 0) is 11.2 Å². The minimum atomic E-state index is -0.199. The van der Waals surface area contributed by atoms with Gasteiger partial charge in [-0.25, -0.2) is 4.39 Å². The SMILES string of the molecule is CCNC(=NCC1CN(CC(C)C)CCO1)NCCc1ccc(F)cc1. The quantitative estimate of drug-likeness (QED) is 0.549. The topological polar surface area (TPSA) is 48.9 Å². The zero-order valence-corrected chi connectivity index (χ0v) is 16.3. The number of nitrogens with zero attached hydrogens (tertiary/aromatic N) is 2. The molecule has 1 saturated heterocycles. The lowest BCUT2D eigenvalue weighted by Gasteiger charge is -2.33. The summed E-state index contributed by atoms with van der Waals surface area (Å²) in [5, 5.41) is 6.61. The summed E-state index contributed by atoms with van der Waals surface area (Å²) in [5.41, 5.74) is 1.11. The fourth-order valence-electron chi connectivity index (χ4n) is 3.08. The van der Waals surface area contributed by atoms with Crippen LogP contribution in [0.2, 0.25) is 0 Å². The fraction of sp³-hybridized carbons (Fsp3) is 0.650. The molecular formula is C20H33FN4O. The third kappa shape index (κ3) is 7.70. The van der Waals surface area contributed by atoms with Crippen molar-refractivity contribution in [2.75, 3.05) is 45.9 Å². The second-order valence-corrected chi connectivity index (χ2v) is 7.17. The molecule has 0 spiro atoms. The first-order valence-corrected chi connectivity index (χ1v) is 9.67. The van der Waals surface area contributed by atoms with Gasteiger partial charge in [0.25, 0.3) is 0 Å². The van der Waals surface area contributed by atoms with Crippen LogP contribution in [-0.4, -0.2) is 62.8 Å². The molecule has 6 heteroatoms. The highest BCUT2D eigenvalue weighted by atomic mass is 19.1. The van der Waals surface area contributed by atoms with Crippen LogP contribution in [0.3, 0.4) is 0 Å². The lowest BCUT2D eigenvalue weighted by Crippen LogP contribution is -2.46. The Morgan fingerprint density at radius 1 is 1.31 bits per heavy atom. The van der Waals surface area contributed by atoms with E-state index in [1.165, 1.54) is 12.1 Å². The number of hydrogen-bond donors (Lipinski definition) is 2. The Balaban J connectivity index is 1.78. The second kappa shape index (κ2) is 11.1. The van der Waals surface area contributed by atoms with Gasteiger partial charge in [-0.2, -0.15) is 0 Å². The van der Waals surface area contributed by atoms with E-state index in [4.69, 9.17) is 4.74 Å². The zero-order valence-electron chi connectivity index (χ0n) is 16.3. The van der Waals surface area contributed by atoms with Gasteiger partial charge in [-0.15, -0.1) is 0 Å². The minimum Gasteiger partial charge on any atom is -0.374 e. The predicted octanol–water partition coefficient (Wildman–Crippen LogP) is 2.28. The molecule has 5 nitrogen and oxygen atoms in total. The lowest BCUT2D eigenvalue weighted by molar-refractivity contribution is -0.0261. The smallest absolute Gasteiger partial charge is 0.191 e. The molecule has 1 fully saturated rings. The van der Waals surface area contributed by atoms with E-state index in [2.05, 4.69) is 41.3 Å². The lowest BCUT2D eigenvalue weighted by atomic mass is 10.1. The Kier molecular flexibility index (Phi) is 8.85. The van der Waals surface area contributed by atoms with Gasteiger partial charge in [0.15, 0.2) is 5.96 Å². The maximum Gasteiger partial charge on any atom is 0.191 e. The molecule has 26 heavy (non-hydrogen) atoms. The molecule has 0 aromatic heterocycles. The number of rotatable bonds is 8. The number of benzene rings is 1. The Bertz CT molecular complexity index is 547. The van der Waals surface area contributed by atoms with E-state index in [-0.39, 0.29) is 11.9 Å². The van der Waals surface area contributed by atoms with Crippen molar-refractivity contribution in [2.45, 2.75) is 33.3 Å². The zero-order chi connectivity index (χ0) is 18.8. The number of guanidine groups is 1. The molecule has 0 bridgehead atoms. The summed E-state index contributed by atoms with van der Waals surface area (Å²) in [6.07, 6.45) is 0.974. The van der Waals surface area contributed by atoms with Gasteiger partial charge in [0.05, 0.1) is 19.3 Å². The van der Waals surface area contributed by atoms with E-state index in [1.807, 2.05) is 12.1 Å². The number of aliphatic imine (C=N–C) groups is 1. The van der Waals surface area contributed by atoms with Crippen molar-refractivity contribution in [3.8, 4) is 0 Å². The Morgan fingerprint density at radius 3 is 2.77 bits per heavy atom. The van der Waals surface area contributed by atoms with E-state index >= 15 is 0 Å². The van der Waals surface area contributed by atoms with Crippen molar-refractivity contribution < 1.29 is 9.13 Å². The minimum absolute atomic E-state index is 0.148. The van der Waals surface area contributed by atoms with Gasteiger partial charge in [0, 0.05) is 32.7 Å². The van der Waals surface area contributed by atoms with Gasteiger partial charge in [-0.3, -0.25) is 9.89 Å². The highest BCUT2D eigenvalue weighted by molar-refractivity contribution is 5.79. The molecule has 0 aliphatic carbocycles. The molecule has 2 rings (SSSR count). The molecule has 1 aliphatic rings. The van der Waals surface area contributed by atoms with Crippen LogP contribution in [0.4, 0.5) is 4.39 Å². The van der Waals surface area contributed by atoms with E-state index in [0.29, 0.717) is 12.5 Å². The van der Waals surface area contributed by atoms with Crippen LogP contribution in [0.1, 0.15) is 26.3 Å². The number of ether oxygens (including phenoxy) is 1. The first-order valence-electron chi connectivity index (χ1n) is 9.67. The second-order valence-electron chi connectivity index (χ2n) is 7.17. The van der Waals surface area contributed by atoms with Crippen molar-refractivity contribution in [3.63, 3.8) is 0 Å². The molecule has 2 N–H and O–H groups in total. The van der Waals surface area contributed by atoms with Gasteiger partial charge >= 0.3 is 0 Å². The average Bonchev–Trinajstić information content (AvgIpc) is 2.61. The van der Waals surface area contributed by atoms with Crippen molar-refractivity contribution in [1.29, 1.82) is 0 Å². The molecule has 1 aliphatic heterocycles. The molecule has 1 unspecified atom stereocenters. The van der Waals surface area contributed by atoms with E-state index in [9.17, 15) is 4.39 Å². The molecule has 1 aromatic carbocycles. The van der Waals surface area contributed by atoms with Crippen molar-refractivity contribution in [2.24, 2.45) is 10.9 Å². The first-order chi connectivity index (χ1) is 12.6. The summed E-state index contributed by atoms with van der Waals surface area (Å²) in [6.45, 7) is 12.6. The van der Waals surface area contributed by atoms with E-state index in [0.717, 1.165) is 57.3 Å². The summed E-state index contributed by atoms with van der Waals surface area (Å²) in [7, 11) is 0. The number of hydrogen-bond acceptors (Lipinski definition) is 3. The third-order valence-corrected chi connectivity index (χ3v) is 4.26. The average molecular weight is 365 g/mol. The van der Waals surface area contributed by atoms with Gasteiger partial charge in [-0.05, 0) is 37.0 Å². The van der Waals surface area contributed by atoms with Crippen LogP contribution in [0.5, 0.6) is 0 Å². The van der Waals surface area contributed by atoms with Crippen LogP contribution in [0, 0.1) is 11.7 Å². The summed E-state index contributed by atoms with van der Waals surface area (Å²) in [6, 6.07) is 6.64. The van der Waals surface area contributed by atoms with E-state index in [1.54, 1.807) is 0 Å². The normalized spacial score (nSPS) is 19.0. The molecule has 1 heterocycles. The van der Waals surface area contributed by atoms with Crippen LogP contribution < -0.4 is 10.6 Å². The number of halogens is 1. The fourth-order valence-corrected chi connectivity index (χ4v) is 3.08. The Hall–Kier alpha value is -1.66. The molecule has 146 valence electrons. The molecule has 1 aromatic rings. The van der Waals surface area contributed by atoms with Crippen molar-refractivity contribution in [1.82, 2.24) is 15.5 Å². The van der Waals surface area contributed by atoms with Gasteiger partial charge < -0.3 is 15.4 Å². The summed E-state index contributed by atoms with van der Waals surface area (Å²) < 4.78 is 18.8. The third-order valence-electron chi connectivity index (χ3n) is 4.26. The standard InChI is InChI=1S/C20H33FN4O/c1-4-22-20(23-10-9-17-5-7-18(21)8-6-17)24-13-19-15-25(11-12-26-19)14-16(2)3/h5-8,16,19H,4,9-15H2,1-3H3,(H2,22,23,24). The Morgan fingerprint density at radius 2 is 2.08 bits per heavy atom. The van der Waals surface area contributed by atoms with Crippen LogP contribution >= 0.6 is 0 Å². The van der Waals surface area contributed by atoms with E-state index < -0.39 is 0 Å². The van der Waals surface area contributed by atoms with Gasteiger partial charge in [-0.1, -0.05) is 26.0 Å². The van der Waals surface area contributed by atoms with Gasteiger partial charge in [0.2, 0.25) is 0 Å². The maximum absolute atomic E-state index is 13.0. The van der Waals surface area contributed by atoms with Crippen molar-refractivity contribution in [3.05, 3.63) is 35.6 Å².